The highest BCUT2D eigenvalue weighted by molar-refractivity contribution is 7.14. The summed E-state index contributed by atoms with van der Waals surface area (Å²) in [6, 6.07) is 13.5. The van der Waals surface area contributed by atoms with Gasteiger partial charge in [0.2, 0.25) is 5.13 Å². The first kappa shape index (κ1) is 15.3. The largest absolute Gasteiger partial charge is 0.252 e. The van der Waals surface area contributed by atoms with Gasteiger partial charge in [-0.3, -0.25) is 5.43 Å². The second kappa shape index (κ2) is 6.66. The van der Waals surface area contributed by atoms with Crippen LogP contribution in [0.4, 0.5) is 13.9 Å². The molecule has 0 aliphatic heterocycles. The predicted molar refractivity (Wildman–Crippen MR) is 89.7 cm³/mol. The van der Waals surface area contributed by atoms with E-state index in [-0.39, 0.29) is 0 Å². The van der Waals surface area contributed by atoms with E-state index >= 15 is 0 Å². The van der Waals surface area contributed by atoms with Crippen molar-refractivity contribution < 1.29 is 8.78 Å². The van der Waals surface area contributed by atoms with E-state index in [2.05, 4.69) is 15.5 Å². The van der Waals surface area contributed by atoms with Crippen LogP contribution in [0.3, 0.4) is 0 Å². The summed E-state index contributed by atoms with van der Waals surface area (Å²) in [5, 5.41) is 6.73. The van der Waals surface area contributed by atoms with Crippen molar-refractivity contribution in [2.75, 3.05) is 5.43 Å². The third kappa shape index (κ3) is 3.60. The van der Waals surface area contributed by atoms with Crippen molar-refractivity contribution in [3.05, 3.63) is 71.1 Å². The van der Waals surface area contributed by atoms with E-state index in [1.54, 1.807) is 6.92 Å². The molecule has 3 rings (SSSR count). The van der Waals surface area contributed by atoms with Crippen molar-refractivity contribution in [2.45, 2.75) is 6.92 Å². The van der Waals surface area contributed by atoms with Crippen LogP contribution in [0.1, 0.15) is 12.5 Å². The van der Waals surface area contributed by atoms with Crippen LogP contribution in [0, 0.1) is 11.6 Å². The first-order chi connectivity index (χ1) is 11.1. The van der Waals surface area contributed by atoms with Crippen LogP contribution in [-0.2, 0) is 0 Å². The average molecular weight is 329 g/mol. The second-order valence-corrected chi connectivity index (χ2v) is 5.70. The first-order valence-corrected chi connectivity index (χ1v) is 7.78. The molecule has 3 nitrogen and oxygen atoms in total. The fourth-order valence-electron chi connectivity index (χ4n) is 1.98. The van der Waals surface area contributed by atoms with Crippen LogP contribution >= 0.6 is 11.3 Å². The standard InChI is InChI=1S/C17H13F2N3S/c1-11(13-7-8-14(18)15(19)9-13)21-22-17-20-16(10-23-17)12-5-3-2-4-6-12/h2-10H,1H3,(H,20,22)/b21-11-. The summed E-state index contributed by atoms with van der Waals surface area (Å²) < 4.78 is 26.2. The molecule has 116 valence electrons. The minimum absolute atomic E-state index is 0.510. The first-order valence-electron chi connectivity index (χ1n) is 6.90. The molecule has 0 fully saturated rings. The van der Waals surface area contributed by atoms with Crippen molar-refractivity contribution in [1.82, 2.24) is 4.98 Å². The van der Waals surface area contributed by atoms with Gasteiger partial charge in [0.1, 0.15) is 0 Å². The SMILES string of the molecule is C/C(=N/Nc1nc(-c2ccccc2)cs1)c1ccc(F)c(F)c1. The molecule has 0 saturated heterocycles. The summed E-state index contributed by atoms with van der Waals surface area (Å²) in [5.41, 5.74) is 5.78. The summed E-state index contributed by atoms with van der Waals surface area (Å²) >= 11 is 1.42. The summed E-state index contributed by atoms with van der Waals surface area (Å²) in [4.78, 5) is 4.44. The number of hydrazone groups is 1. The fourth-order valence-corrected chi connectivity index (χ4v) is 2.65. The van der Waals surface area contributed by atoms with Crippen LogP contribution in [0.15, 0.2) is 59.0 Å². The quantitative estimate of drug-likeness (QED) is 0.544. The van der Waals surface area contributed by atoms with Crippen molar-refractivity contribution >= 4 is 22.2 Å². The Kier molecular flexibility index (Phi) is 4.43. The Morgan fingerprint density at radius 1 is 1.09 bits per heavy atom. The molecule has 0 aliphatic rings. The molecule has 2 aromatic carbocycles. The molecule has 0 bridgehead atoms. The molecule has 6 heteroatoms. The van der Waals surface area contributed by atoms with Gasteiger partial charge < -0.3 is 0 Å². The summed E-state index contributed by atoms with van der Waals surface area (Å²) in [6.07, 6.45) is 0. The van der Waals surface area contributed by atoms with Gasteiger partial charge in [0, 0.05) is 16.5 Å². The van der Waals surface area contributed by atoms with Crippen LogP contribution in [0.5, 0.6) is 0 Å². The van der Waals surface area contributed by atoms with Crippen LogP contribution in [0.2, 0.25) is 0 Å². The Labute approximate surface area is 136 Å². The van der Waals surface area contributed by atoms with Gasteiger partial charge in [0.15, 0.2) is 11.6 Å². The van der Waals surface area contributed by atoms with Gasteiger partial charge in [-0.2, -0.15) is 5.10 Å². The van der Waals surface area contributed by atoms with Crippen LogP contribution in [-0.4, -0.2) is 10.7 Å². The number of aromatic nitrogens is 1. The number of rotatable bonds is 4. The molecule has 0 atom stereocenters. The highest BCUT2D eigenvalue weighted by Crippen LogP contribution is 2.24. The van der Waals surface area contributed by atoms with Gasteiger partial charge in [-0.05, 0) is 25.1 Å². The third-order valence-electron chi connectivity index (χ3n) is 3.23. The zero-order chi connectivity index (χ0) is 16.2. The lowest BCUT2D eigenvalue weighted by Gasteiger charge is -2.02. The number of benzene rings is 2. The molecule has 0 amide bonds. The molecule has 0 radical (unpaired) electrons. The maximum absolute atomic E-state index is 13.2. The Morgan fingerprint density at radius 2 is 1.87 bits per heavy atom. The molecule has 1 aromatic heterocycles. The molecule has 1 N–H and O–H groups in total. The number of nitrogens with one attached hydrogen (secondary N) is 1. The van der Waals surface area contributed by atoms with E-state index in [9.17, 15) is 8.78 Å². The molecule has 0 spiro atoms. The van der Waals surface area contributed by atoms with E-state index in [4.69, 9.17) is 0 Å². The molecule has 3 aromatic rings. The summed E-state index contributed by atoms with van der Waals surface area (Å²) in [7, 11) is 0. The topological polar surface area (TPSA) is 37.3 Å². The van der Waals surface area contributed by atoms with Crippen LogP contribution < -0.4 is 5.43 Å². The van der Waals surface area contributed by atoms with Crippen LogP contribution in [0.25, 0.3) is 11.3 Å². The highest BCUT2D eigenvalue weighted by atomic mass is 32.1. The highest BCUT2D eigenvalue weighted by Gasteiger charge is 2.06. The number of hydrogen-bond acceptors (Lipinski definition) is 4. The third-order valence-corrected chi connectivity index (χ3v) is 3.98. The molecule has 0 aliphatic carbocycles. The smallest absolute Gasteiger partial charge is 0.203 e. The van der Waals surface area contributed by atoms with Gasteiger partial charge >= 0.3 is 0 Å². The minimum Gasteiger partial charge on any atom is -0.252 e. The van der Waals surface area contributed by atoms with Crippen molar-refractivity contribution in [2.24, 2.45) is 5.10 Å². The average Bonchev–Trinajstić information content (AvgIpc) is 3.05. The lowest BCUT2D eigenvalue weighted by atomic mass is 10.1. The molecule has 1 heterocycles. The van der Waals surface area contributed by atoms with Gasteiger partial charge in [-0.1, -0.05) is 30.3 Å². The molecule has 23 heavy (non-hydrogen) atoms. The normalized spacial score (nSPS) is 11.5. The Hall–Kier alpha value is -2.60. The summed E-state index contributed by atoms with van der Waals surface area (Å²) in [5.74, 6) is -1.76. The number of halogens is 2. The molecule has 0 saturated carbocycles. The minimum atomic E-state index is -0.891. The summed E-state index contributed by atoms with van der Waals surface area (Å²) in [6.45, 7) is 1.71. The maximum atomic E-state index is 13.2. The number of nitrogens with zero attached hydrogens (tertiary/aromatic N) is 2. The zero-order valence-corrected chi connectivity index (χ0v) is 13.1. The lowest BCUT2D eigenvalue weighted by Crippen LogP contribution is -2.01. The predicted octanol–water partition coefficient (Wildman–Crippen LogP) is 4.92. The van der Waals surface area contributed by atoms with E-state index in [1.165, 1.54) is 17.4 Å². The van der Waals surface area contributed by atoms with E-state index in [0.29, 0.717) is 16.4 Å². The van der Waals surface area contributed by atoms with E-state index in [1.807, 2.05) is 35.7 Å². The Balaban J connectivity index is 1.75. The second-order valence-electron chi connectivity index (χ2n) is 4.84. The molecule has 0 unspecified atom stereocenters. The Bertz CT molecular complexity index is 844. The van der Waals surface area contributed by atoms with Gasteiger partial charge in [-0.25, -0.2) is 13.8 Å². The fraction of sp³-hybridized carbons (Fsp3) is 0.0588. The van der Waals surface area contributed by atoms with Gasteiger partial charge in [0.05, 0.1) is 11.4 Å². The zero-order valence-electron chi connectivity index (χ0n) is 12.3. The lowest BCUT2D eigenvalue weighted by molar-refractivity contribution is 0.508. The number of hydrogen-bond donors (Lipinski definition) is 1. The number of thiazole rings is 1. The van der Waals surface area contributed by atoms with E-state index in [0.717, 1.165) is 23.4 Å². The Morgan fingerprint density at radius 3 is 2.61 bits per heavy atom. The molecular weight excluding hydrogens is 316 g/mol. The monoisotopic (exact) mass is 329 g/mol. The maximum Gasteiger partial charge on any atom is 0.203 e. The van der Waals surface area contributed by atoms with Crippen molar-refractivity contribution in [1.29, 1.82) is 0 Å². The van der Waals surface area contributed by atoms with E-state index < -0.39 is 11.6 Å². The molecular formula is C17H13F2N3S. The van der Waals surface area contributed by atoms with Gasteiger partial charge in [-0.15, -0.1) is 11.3 Å². The van der Waals surface area contributed by atoms with Gasteiger partial charge in [0.25, 0.3) is 0 Å². The van der Waals surface area contributed by atoms with Crippen molar-refractivity contribution in [3.63, 3.8) is 0 Å². The number of anilines is 1. The van der Waals surface area contributed by atoms with Crippen molar-refractivity contribution in [3.8, 4) is 11.3 Å².